The normalized spacial score (nSPS) is 22.8. The van der Waals surface area contributed by atoms with Gasteiger partial charge in [-0.25, -0.2) is 0 Å². The minimum atomic E-state index is 0.104. The van der Waals surface area contributed by atoms with Crippen LogP contribution in [0.15, 0.2) is 24.3 Å². The lowest BCUT2D eigenvalue weighted by atomic mass is 10.2. The van der Waals surface area contributed by atoms with Crippen LogP contribution in [-0.2, 0) is 4.79 Å². The Labute approximate surface area is 151 Å². The van der Waals surface area contributed by atoms with Crippen LogP contribution in [0.3, 0.4) is 0 Å². The van der Waals surface area contributed by atoms with E-state index in [0.717, 1.165) is 51.4 Å². The number of likely N-dealkylation sites (tertiary alicyclic amines) is 1. The fourth-order valence-corrected chi connectivity index (χ4v) is 3.84. The maximum absolute atomic E-state index is 12.5. The lowest BCUT2D eigenvalue weighted by Crippen LogP contribution is -2.53. The molecule has 1 amide bonds. The summed E-state index contributed by atoms with van der Waals surface area (Å²) in [5.74, 6) is 1.30. The van der Waals surface area contributed by atoms with Crippen LogP contribution in [0, 0.1) is 6.92 Å². The summed E-state index contributed by atoms with van der Waals surface area (Å²) in [5, 5.41) is 0. The molecule has 138 valence electrons. The first-order chi connectivity index (χ1) is 12.1. The van der Waals surface area contributed by atoms with Crippen molar-refractivity contribution in [1.82, 2.24) is 14.7 Å². The van der Waals surface area contributed by atoms with Gasteiger partial charge in [0.1, 0.15) is 12.4 Å². The van der Waals surface area contributed by atoms with Crippen LogP contribution in [0.5, 0.6) is 5.75 Å². The molecule has 0 radical (unpaired) electrons. The molecule has 5 nitrogen and oxygen atoms in total. The van der Waals surface area contributed by atoms with Crippen LogP contribution in [-0.4, -0.2) is 78.6 Å². The molecular formula is C20H31N3O2. The van der Waals surface area contributed by atoms with Crippen molar-refractivity contribution in [2.75, 3.05) is 45.9 Å². The summed E-state index contributed by atoms with van der Waals surface area (Å²) in [5.41, 5.74) is 1.18. The van der Waals surface area contributed by atoms with E-state index < -0.39 is 0 Å². The van der Waals surface area contributed by atoms with Gasteiger partial charge in [-0.15, -0.1) is 0 Å². The molecule has 3 rings (SSSR count). The first-order valence-corrected chi connectivity index (χ1v) is 9.51. The standard InChI is InChI=1S/C20H31N3O2/c1-16(2)23-9-8-18(20(23)24)22-12-10-21(11-13-22)14-15-25-19-7-5-4-6-17(19)3/h4-7,16,18H,8-15H2,1-3H3/t18-/m1/s1. The second-order valence-corrected chi connectivity index (χ2v) is 7.42. The zero-order chi connectivity index (χ0) is 17.8. The molecule has 25 heavy (non-hydrogen) atoms. The highest BCUT2D eigenvalue weighted by Crippen LogP contribution is 2.21. The van der Waals surface area contributed by atoms with Crippen molar-refractivity contribution in [2.24, 2.45) is 0 Å². The minimum absolute atomic E-state index is 0.104. The highest BCUT2D eigenvalue weighted by molar-refractivity contribution is 5.84. The van der Waals surface area contributed by atoms with Crippen molar-refractivity contribution in [1.29, 1.82) is 0 Å². The molecule has 1 aromatic carbocycles. The highest BCUT2D eigenvalue weighted by Gasteiger charge is 2.37. The van der Waals surface area contributed by atoms with Gasteiger partial charge < -0.3 is 9.64 Å². The molecule has 2 heterocycles. The molecule has 0 aromatic heterocycles. The summed E-state index contributed by atoms with van der Waals surface area (Å²) in [6.45, 7) is 12.8. The van der Waals surface area contributed by atoms with Crippen molar-refractivity contribution in [2.45, 2.75) is 39.3 Å². The van der Waals surface area contributed by atoms with Crippen molar-refractivity contribution < 1.29 is 9.53 Å². The summed E-state index contributed by atoms with van der Waals surface area (Å²) in [6, 6.07) is 8.57. The van der Waals surface area contributed by atoms with Gasteiger partial charge in [-0.2, -0.15) is 0 Å². The number of amides is 1. The highest BCUT2D eigenvalue weighted by atomic mass is 16.5. The van der Waals surface area contributed by atoms with Crippen LogP contribution < -0.4 is 4.74 Å². The second-order valence-electron chi connectivity index (χ2n) is 7.42. The SMILES string of the molecule is Cc1ccccc1OCCN1CCN([C@@H]2CCN(C(C)C)C2=O)CC1. The number of ether oxygens (including phenoxy) is 1. The number of benzene rings is 1. The fourth-order valence-electron chi connectivity index (χ4n) is 3.84. The van der Waals surface area contributed by atoms with E-state index in [1.807, 2.05) is 23.1 Å². The molecule has 2 aliphatic rings. The van der Waals surface area contributed by atoms with E-state index in [1.165, 1.54) is 5.56 Å². The van der Waals surface area contributed by atoms with Crippen LogP contribution in [0.4, 0.5) is 0 Å². The molecule has 2 fully saturated rings. The zero-order valence-corrected chi connectivity index (χ0v) is 15.8. The predicted molar refractivity (Wildman–Crippen MR) is 99.9 cm³/mol. The number of carbonyl (C=O) groups excluding carboxylic acids is 1. The van der Waals surface area contributed by atoms with Gasteiger partial charge in [-0.1, -0.05) is 18.2 Å². The van der Waals surface area contributed by atoms with Gasteiger partial charge in [0, 0.05) is 45.3 Å². The molecule has 2 aliphatic heterocycles. The van der Waals surface area contributed by atoms with Crippen molar-refractivity contribution >= 4 is 5.91 Å². The Morgan fingerprint density at radius 2 is 1.84 bits per heavy atom. The van der Waals surface area contributed by atoms with Gasteiger partial charge in [0.05, 0.1) is 6.04 Å². The molecule has 1 aromatic rings. The quantitative estimate of drug-likeness (QED) is 0.790. The van der Waals surface area contributed by atoms with Gasteiger partial charge in [-0.3, -0.25) is 14.6 Å². The summed E-state index contributed by atoms with van der Waals surface area (Å²) < 4.78 is 5.91. The smallest absolute Gasteiger partial charge is 0.240 e. The van der Waals surface area contributed by atoms with Gasteiger partial charge in [-0.05, 0) is 38.8 Å². The monoisotopic (exact) mass is 345 g/mol. The van der Waals surface area contributed by atoms with Crippen LogP contribution >= 0.6 is 0 Å². The van der Waals surface area contributed by atoms with Crippen molar-refractivity contribution in [3.63, 3.8) is 0 Å². The largest absolute Gasteiger partial charge is 0.492 e. The Balaban J connectivity index is 1.40. The average Bonchev–Trinajstić information content (AvgIpc) is 2.99. The van der Waals surface area contributed by atoms with E-state index in [-0.39, 0.29) is 6.04 Å². The van der Waals surface area contributed by atoms with Crippen LogP contribution in [0.25, 0.3) is 0 Å². The first-order valence-electron chi connectivity index (χ1n) is 9.51. The lowest BCUT2D eigenvalue weighted by molar-refractivity contribution is -0.134. The van der Waals surface area contributed by atoms with E-state index in [1.54, 1.807) is 0 Å². The number of nitrogens with zero attached hydrogens (tertiary/aromatic N) is 3. The third kappa shape index (κ3) is 4.33. The van der Waals surface area contributed by atoms with Gasteiger partial charge in [0.15, 0.2) is 0 Å². The third-order valence-corrected chi connectivity index (χ3v) is 5.44. The molecule has 0 spiro atoms. The number of hydrogen-bond donors (Lipinski definition) is 0. The molecular weight excluding hydrogens is 314 g/mol. The number of rotatable bonds is 6. The Morgan fingerprint density at radius 1 is 1.12 bits per heavy atom. The lowest BCUT2D eigenvalue weighted by Gasteiger charge is -2.37. The first kappa shape index (κ1) is 18.2. The number of piperazine rings is 1. The van der Waals surface area contributed by atoms with E-state index >= 15 is 0 Å². The molecule has 0 unspecified atom stereocenters. The van der Waals surface area contributed by atoms with Gasteiger partial charge in [0.25, 0.3) is 0 Å². The molecule has 0 aliphatic carbocycles. The van der Waals surface area contributed by atoms with Gasteiger partial charge >= 0.3 is 0 Å². The summed E-state index contributed by atoms with van der Waals surface area (Å²) in [4.78, 5) is 19.4. The predicted octanol–water partition coefficient (Wildman–Crippen LogP) is 2.00. The molecule has 1 atom stereocenters. The maximum atomic E-state index is 12.5. The average molecular weight is 345 g/mol. The van der Waals surface area contributed by atoms with Crippen molar-refractivity contribution in [3.05, 3.63) is 29.8 Å². The molecule has 0 bridgehead atoms. The van der Waals surface area contributed by atoms with E-state index in [2.05, 4.69) is 36.6 Å². The van der Waals surface area contributed by atoms with Gasteiger partial charge in [0.2, 0.25) is 5.91 Å². The minimum Gasteiger partial charge on any atom is -0.492 e. The third-order valence-electron chi connectivity index (χ3n) is 5.44. The number of carbonyl (C=O) groups is 1. The number of para-hydroxylation sites is 1. The summed E-state index contributed by atoms with van der Waals surface area (Å²) in [7, 11) is 0. The fraction of sp³-hybridized carbons (Fsp3) is 0.650. The second kappa shape index (κ2) is 8.19. The van der Waals surface area contributed by atoms with Crippen LogP contribution in [0.2, 0.25) is 0 Å². The van der Waals surface area contributed by atoms with Crippen LogP contribution in [0.1, 0.15) is 25.8 Å². The topological polar surface area (TPSA) is 36.0 Å². The Morgan fingerprint density at radius 3 is 2.48 bits per heavy atom. The van der Waals surface area contributed by atoms with E-state index in [9.17, 15) is 4.79 Å². The summed E-state index contributed by atoms with van der Waals surface area (Å²) in [6.07, 6.45) is 0.980. The zero-order valence-electron chi connectivity index (χ0n) is 15.8. The Bertz CT molecular complexity index is 582. The van der Waals surface area contributed by atoms with Crippen molar-refractivity contribution in [3.8, 4) is 5.75 Å². The number of aryl methyl sites for hydroxylation is 1. The molecule has 2 saturated heterocycles. The maximum Gasteiger partial charge on any atom is 0.240 e. The molecule has 5 heteroatoms. The molecule has 0 saturated carbocycles. The molecule has 0 N–H and O–H groups in total. The van der Waals surface area contributed by atoms with E-state index in [4.69, 9.17) is 4.74 Å². The summed E-state index contributed by atoms with van der Waals surface area (Å²) >= 11 is 0. The Kier molecular flexibility index (Phi) is 5.97. The Hall–Kier alpha value is -1.59. The number of hydrogen-bond acceptors (Lipinski definition) is 4. The van der Waals surface area contributed by atoms with E-state index in [0.29, 0.717) is 18.6 Å².